The Morgan fingerprint density at radius 1 is 1.14 bits per heavy atom. The van der Waals surface area contributed by atoms with E-state index in [1.807, 2.05) is 0 Å². The first-order chi connectivity index (χ1) is 13.5. The van der Waals surface area contributed by atoms with Gasteiger partial charge in [0.1, 0.15) is 5.75 Å². The number of likely N-dealkylation sites (N-methyl/N-ethyl adjacent to an activating group) is 1. The summed E-state index contributed by atoms with van der Waals surface area (Å²) in [6.07, 6.45) is 7.55. The molecular weight excluding hydrogens is 416 g/mol. The van der Waals surface area contributed by atoms with Crippen molar-refractivity contribution in [3.05, 3.63) is 28.2 Å². The molecule has 1 aliphatic heterocycles. The van der Waals surface area contributed by atoms with Crippen LogP contribution >= 0.6 is 15.9 Å². The van der Waals surface area contributed by atoms with Gasteiger partial charge in [0.2, 0.25) is 0 Å². The molecule has 28 heavy (non-hydrogen) atoms. The predicted octanol–water partition coefficient (Wildman–Crippen LogP) is 4.65. The third-order valence-electron chi connectivity index (χ3n) is 6.52. The van der Waals surface area contributed by atoms with E-state index in [1.54, 1.807) is 0 Å². The lowest BCUT2D eigenvalue weighted by Gasteiger charge is -2.43. The maximum absolute atomic E-state index is 11.6. The number of hydrogen-bond donors (Lipinski definition) is 1. The van der Waals surface area contributed by atoms with Gasteiger partial charge in [0.25, 0.3) is 0 Å². The van der Waals surface area contributed by atoms with Crippen LogP contribution < -0.4 is 4.74 Å². The number of halogens is 1. The molecule has 2 aliphatic rings. The molecule has 1 aromatic rings. The summed E-state index contributed by atoms with van der Waals surface area (Å²) in [5, 5.41) is 11.6. The summed E-state index contributed by atoms with van der Waals surface area (Å²) in [5.74, 6) is 1.06. The molecule has 158 valence electrons. The fourth-order valence-electron chi connectivity index (χ4n) is 4.56. The third-order valence-corrected chi connectivity index (χ3v) is 7.14. The van der Waals surface area contributed by atoms with Crippen LogP contribution in [0.3, 0.4) is 0 Å². The normalized spacial score (nSPS) is 22.1. The Hall–Kier alpha value is -0.620. The van der Waals surface area contributed by atoms with Crippen molar-refractivity contribution < 1.29 is 9.84 Å². The molecule has 5 heteroatoms. The highest BCUT2D eigenvalue weighted by Crippen LogP contribution is 2.42. The van der Waals surface area contributed by atoms with Crippen molar-refractivity contribution in [2.75, 3.05) is 46.4 Å². The SMILES string of the molecule is CCCCOc1ccc(C(CN2CCN(C)CC2)C2(O)CCCCC2)cc1Br. The monoisotopic (exact) mass is 452 g/mol. The standard InChI is InChI=1S/C23H37BrN2O2/c1-3-4-16-28-22-9-8-19(17-21(22)24)20(23(27)10-6-5-7-11-23)18-26-14-12-25(2)13-15-26/h8-9,17,20,27H,3-7,10-16,18H2,1-2H3. The van der Waals surface area contributed by atoms with Crippen LogP contribution in [0.1, 0.15) is 63.4 Å². The number of nitrogens with zero attached hydrogens (tertiary/aromatic N) is 2. The highest BCUT2D eigenvalue weighted by molar-refractivity contribution is 9.10. The molecule has 0 spiro atoms. The Balaban J connectivity index is 1.78. The first-order valence-electron chi connectivity index (χ1n) is 11.1. The van der Waals surface area contributed by atoms with Crippen LogP contribution in [0.15, 0.2) is 22.7 Å². The number of rotatable bonds is 8. The molecule has 3 rings (SSSR count). The van der Waals surface area contributed by atoms with Crippen LogP contribution in [0.25, 0.3) is 0 Å². The maximum atomic E-state index is 11.6. The van der Waals surface area contributed by atoms with Gasteiger partial charge >= 0.3 is 0 Å². The molecule has 1 aromatic carbocycles. The topological polar surface area (TPSA) is 35.9 Å². The van der Waals surface area contributed by atoms with E-state index in [9.17, 15) is 5.11 Å². The molecule has 1 saturated heterocycles. The Kier molecular flexibility index (Phi) is 8.22. The second-order valence-corrected chi connectivity index (χ2v) is 9.57. The molecule has 0 radical (unpaired) electrons. The van der Waals surface area contributed by atoms with Crippen LogP contribution in [0, 0.1) is 0 Å². The predicted molar refractivity (Wildman–Crippen MR) is 119 cm³/mol. The molecule has 1 saturated carbocycles. The fraction of sp³-hybridized carbons (Fsp3) is 0.739. The van der Waals surface area contributed by atoms with Crippen molar-refractivity contribution in [3.63, 3.8) is 0 Å². The van der Waals surface area contributed by atoms with E-state index in [4.69, 9.17) is 4.74 Å². The maximum Gasteiger partial charge on any atom is 0.133 e. The minimum atomic E-state index is -0.592. The second kappa shape index (κ2) is 10.4. The van der Waals surface area contributed by atoms with Crippen molar-refractivity contribution >= 4 is 15.9 Å². The summed E-state index contributed by atoms with van der Waals surface area (Å²) in [6, 6.07) is 6.45. The van der Waals surface area contributed by atoms with Gasteiger partial charge in [-0.3, -0.25) is 0 Å². The van der Waals surface area contributed by atoms with Crippen LogP contribution in [-0.2, 0) is 0 Å². The van der Waals surface area contributed by atoms with E-state index < -0.39 is 5.60 Å². The molecule has 1 atom stereocenters. The average Bonchev–Trinajstić information content (AvgIpc) is 2.69. The summed E-state index contributed by atoms with van der Waals surface area (Å²) in [5.41, 5.74) is 0.643. The van der Waals surface area contributed by atoms with Crippen LogP contribution in [0.4, 0.5) is 0 Å². The van der Waals surface area contributed by atoms with Crippen molar-refractivity contribution in [1.29, 1.82) is 0 Å². The largest absolute Gasteiger partial charge is 0.492 e. The van der Waals surface area contributed by atoms with Crippen molar-refractivity contribution in [1.82, 2.24) is 9.80 Å². The number of unbranched alkanes of at least 4 members (excludes halogenated alkanes) is 1. The number of ether oxygens (including phenoxy) is 1. The summed E-state index contributed by atoms with van der Waals surface area (Å²) >= 11 is 3.72. The van der Waals surface area contributed by atoms with Crippen molar-refractivity contribution in [2.24, 2.45) is 0 Å². The Morgan fingerprint density at radius 2 is 1.86 bits per heavy atom. The van der Waals surface area contributed by atoms with Crippen LogP contribution in [-0.4, -0.2) is 66.9 Å². The van der Waals surface area contributed by atoms with Gasteiger partial charge in [0.15, 0.2) is 0 Å². The number of benzene rings is 1. The third kappa shape index (κ3) is 5.71. The number of hydrogen-bond acceptors (Lipinski definition) is 4. The Morgan fingerprint density at radius 3 is 2.50 bits per heavy atom. The van der Waals surface area contributed by atoms with E-state index in [1.165, 1.54) is 12.0 Å². The number of piperazine rings is 1. The van der Waals surface area contributed by atoms with Crippen LogP contribution in [0.2, 0.25) is 0 Å². The van der Waals surface area contributed by atoms with Crippen molar-refractivity contribution in [3.8, 4) is 5.75 Å². The zero-order valence-electron chi connectivity index (χ0n) is 17.6. The molecule has 1 heterocycles. The molecule has 1 N–H and O–H groups in total. The molecule has 1 aliphatic carbocycles. The Labute approximate surface area is 179 Å². The average molecular weight is 453 g/mol. The molecule has 0 bridgehead atoms. The highest BCUT2D eigenvalue weighted by atomic mass is 79.9. The van der Waals surface area contributed by atoms with E-state index >= 15 is 0 Å². The summed E-state index contributed by atoms with van der Waals surface area (Å²) in [4.78, 5) is 4.93. The molecule has 1 unspecified atom stereocenters. The van der Waals surface area contributed by atoms with Gasteiger partial charge < -0.3 is 19.6 Å². The van der Waals surface area contributed by atoms with Gasteiger partial charge in [-0.25, -0.2) is 0 Å². The molecule has 2 fully saturated rings. The lowest BCUT2D eigenvalue weighted by atomic mass is 9.72. The van der Waals surface area contributed by atoms with E-state index in [-0.39, 0.29) is 5.92 Å². The minimum Gasteiger partial charge on any atom is -0.492 e. The zero-order valence-corrected chi connectivity index (χ0v) is 19.2. The molecule has 4 nitrogen and oxygen atoms in total. The van der Waals surface area contributed by atoms with Crippen molar-refractivity contribution in [2.45, 2.75) is 63.4 Å². The van der Waals surface area contributed by atoms with Crippen LogP contribution in [0.5, 0.6) is 5.75 Å². The molecule has 0 aromatic heterocycles. The van der Waals surface area contributed by atoms with Gasteiger partial charge in [-0.1, -0.05) is 38.7 Å². The van der Waals surface area contributed by atoms with Gasteiger partial charge in [-0.15, -0.1) is 0 Å². The minimum absolute atomic E-state index is 0.150. The van der Waals surface area contributed by atoms with E-state index in [2.05, 4.69) is 57.9 Å². The summed E-state index contributed by atoms with van der Waals surface area (Å²) in [7, 11) is 2.19. The van der Waals surface area contributed by atoms with Gasteiger partial charge in [0.05, 0.1) is 16.7 Å². The van der Waals surface area contributed by atoms with Gasteiger partial charge in [0, 0.05) is 38.6 Å². The smallest absolute Gasteiger partial charge is 0.133 e. The number of aliphatic hydroxyl groups is 1. The second-order valence-electron chi connectivity index (χ2n) is 8.71. The summed E-state index contributed by atoms with van der Waals surface area (Å²) in [6.45, 7) is 8.26. The summed E-state index contributed by atoms with van der Waals surface area (Å²) < 4.78 is 6.92. The first-order valence-corrected chi connectivity index (χ1v) is 11.9. The quantitative estimate of drug-likeness (QED) is 0.582. The zero-order chi connectivity index (χ0) is 20.0. The van der Waals surface area contributed by atoms with E-state index in [0.717, 1.165) is 88.1 Å². The highest BCUT2D eigenvalue weighted by Gasteiger charge is 2.40. The van der Waals surface area contributed by atoms with Gasteiger partial charge in [-0.05, 0) is 59.9 Å². The lowest BCUT2D eigenvalue weighted by Crippen LogP contribution is -2.50. The first kappa shape index (κ1) is 22.1. The van der Waals surface area contributed by atoms with E-state index in [0.29, 0.717) is 0 Å². The molecule has 0 amide bonds. The Bertz CT molecular complexity index is 611. The fourth-order valence-corrected chi connectivity index (χ4v) is 5.08. The lowest BCUT2D eigenvalue weighted by molar-refractivity contribution is -0.0337. The molecular formula is C23H37BrN2O2. The van der Waals surface area contributed by atoms with Gasteiger partial charge in [-0.2, -0.15) is 0 Å².